The zero-order valence-corrected chi connectivity index (χ0v) is 14.6. The van der Waals surface area contributed by atoms with E-state index in [1.807, 2.05) is 0 Å². The van der Waals surface area contributed by atoms with Gasteiger partial charge in [0.2, 0.25) is 5.91 Å². The van der Waals surface area contributed by atoms with Crippen LogP contribution in [0.4, 0.5) is 5.69 Å². The zero-order valence-electron chi connectivity index (χ0n) is 13.8. The first-order valence-corrected chi connectivity index (χ1v) is 7.91. The Morgan fingerprint density at radius 1 is 1.19 bits per heavy atom. The molecule has 0 aromatic heterocycles. The second kappa shape index (κ2) is 8.82. The van der Waals surface area contributed by atoms with Crippen molar-refractivity contribution in [2.24, 2.45) is 0 Å². The number of carbonyl (C=O) groups is 2. The third-order valence-corrected chi connectivity index (χ3v) is 3.85. The summed E-state index contributed by atoms with van der Waals surface area (Å²) in [6.45, 7) is -0.0501. The summed E-state index contributed by atoms with van der Waals surface area (Å²) >= 11 is 5.99. The number of nitro benzene ring substituents is 1. The molecule has 0 unspecified atom stereocenters. The fourth-order valence-corrected chi connectivity index (χ4v) is 2.34. The summed E-state index contributed by atoms with van der Waals surface area (Å²) in [5, 5.41) is 16.6. The van der Waals surface area contributed by atoms with Crippen LogP contribution < -0.4 is 15.4 Å². The average molecular weight is 378 g/mol. The van der Waals surface area contributed by atoms with Crippen LogP contribution in [0.3, 0.4) is 0 Å². The number of hydrogen-bond donors (Lipinski definition) is 2. The third kappa shape index (κ3) is 4.93. The first-order chi connectivity index (χ1) is 12.4. The molecule has 0 aliphatic heterocycles. The Morgan fingerprint density at radius 3 is 2.58 bits per heavy atom. The normalized spacial score (nSPS) is 10.1. The molecule has 0 saturated heterocycles. The second-order valence-corrected chi connectivity index (χ2v) is 5.60. The summed E-state index contributed by atoms with van der Waals surface area (Å²) in [5.74, 6) is -0.978. The topological polar surface area (TPSA) is 111 Å². The molecule has 2 aromatic rings. The molecule has 9 heteroatoms. The summed E-state index contributed by atoms with van der Waals surface area (Å²) in [5.41, 5.74) is 0.472. The summed E-state index contributed by atoms with van der Waals surface area (Å²) in [4.78, 5) is 34.3. The molecule has 2 N–H and O–H groups in total. The van der Waals surface area contributed by atoms with Gasteiger partial charge in [-0.15, -0.1) is 0 Å². The van der Waals surface area contributed by atoms with Gasteiger partial charge in [0.15, 0.2) is 5.75 Å². The van der Waals surface area contributed by atoms with Crippen molar-refractivity contribution in [3.05, 3.63) is 68.7 Å². The van der Waals surface area contributed by atoms with Gasteiger partial charge in [0.25, 0.3) is 5.91 Å². The van der Waals surface area contributed by atoms with Crippen LogP contribution in [0.15, 0.2) is 42.5 Å². The Balaban J connectivity index is 1.92. The minimum atomic E-state index is -0.647. The minimum absolute atomic E-state index is 0.0454. The van der Waals surface area contributed by atoms with Crippen LogP contribution in [-0.2, 0) is 11.3 Å². The van der Waals surface area contributed by atoms with E-state index in [9.17, 15) is 19.7 Å². The Morgan fingerprint density at radius 2 is 1.92 bits per heavy atom. The van der Waals surface area contributed by atoms with Gasteiger partial charge in [0.1, 0.15) is 0 Å². The minimum Gasteiger partial charge on any atom is -0.490 e. The lowest BCUT2D eigenvalue weighted by Crippen LogP contribution is -2.36. The summed E-state index contributed by atoms with van der Waals surface area (Å²) in [6, 6.07) is 10.9. The number of amides is 2. The van der Waals surface area contributed by atoms with Crippen LogP contribution >= 0.6 is 11.6 Å². The lowest BCUT2D eigenvalue weighted by atomic mass is 10.1. The quantitative estimate of drug-likeness (QED) is 0.568. The van der Waals surface area contributed by atoms with Crippen molar-refractivity contribution in [3.63, 3.8) is 0 Å². The Bertz CT molecular complexity index is 841. The molecule has 0 radical (unpaired) electrons. The molecule has 0 atom stereocenters. The molecule has 8 nitrogen and oxygen atoms in total. The number of nitro groups is 1. The van der Waals surface area contributed by atoms with Gasteiger partial charge in [-0.2, -0.15) is 0 Å². The number of hydrogen-bond acceptors (Lipinski definition) is 5. The van der Waals surface area contributed by atoms with Crippen LogP contribution in [-0.4, -0.2) is 30.4 Å². The summed E-state index contributed by atoms with van der Waals surface area (Å²) in [6.07, 6.45) is 0. The van der Waals surface area contributed by atoms with Crippen molar-refractivity contribution < 1.29 is 19.2 Å². The molecular formula is C17H16ClN3O5. The number of nitrogens with one attached hydrogen (secondary N) is 2. The maximum atomic E-state index is 12.1. The molecule has 0 spiro atoms. The van der Waals surface area contributed by atoms with Crippen LogP contribution in [0.25, 0.3) is 0 Å². The molecule has 0 aliphatic carbocycles. The maximum absolute atomic E-state index is 12.1. The van der Waals surface area contributed by atoms with Crippen molar-refractivity contribution in [3.8, 4) is 5.75 Å². The highest BCUT2D eigenvalue weighted by Gasteiger charge is 2.18. The van der Waals surface area contributed by atoms with Gasteiger partial charge in [0, 0.05) is 23.2 Å². The molecular weight excluding hydrogens is 362 g/mol. The van der Waals surface area contributed by atoms with Gasteiger partial charge in [0.05, 0.1) is 18.6 Å². The van der Waals surface area contributed by atoms with E-state index in [0.29, 0.717) is 5.02 Å². The standard InChI is InChI=1S/C17H16ClN3O5/c1-26-15-7-6-11(8-14(15)21(24)25)17(23)20-10-16(22)19-9-12-4-2-3-5-13(12)18/h2-8H,9-10H2,1H3,(H,19,22)(H,20,23). The van der Waals surface area contributed by atoms with Gasteiger partial charge in [-0.1, -0.05) is 29.8 Å². The van der Waals surface area contributed by atoms with E-state index >= 15 is 0 Å². The molecule has 0 aliphatic rings. The fraction of sp³-hybridized carbons (Fsp3) is 0.176. The second-order valence-electron chi connectivity index (χ2n) is 5.19. The van der Waals surface area contributed by atoms with Gasteiger partial charge in [-0.05, 0) is 23.8 Å². The van der Waals surface area contributed by atoms with E-state index in [2.05, 4.69) is 10.6 Å². The highest BCUT2D eigenvalue weighted by molar-refractivity contribution is 6.31. The van der Waals surface area contributed by atoms with Crippen LogP contribution in [0.2, 0.25) is 5.02 Å². The van der Waals surface area contributed by atoms with Gasteiger partial charge < -0.3 is 15.4 Å². The number of methoxy groups -OCH3 is 1. The molecule has 2 rings (SSSR count). The van der Waals surface area contributed by atoms with E-state index in [1.54, 1.807) is 24.3 Å². The smallest absolute Gasteiger partial charge is 0.311 e. The highest BCUT2D eigenvalue weighted by Crippen LogP contribution is 2.27. The molecule has 2 amide bonds. The summed E-state index contributed by atoms with van der Waals surface area (Å²) in [7, 11) is 1.30. The summed E-state index contributed by atoms with van der Waals surface area (Å²) < 4.78 is 4.87. The fourth-order valence-electron chi connectivity index (χ4n) is 2.13. The maximum Gasteiger partial charge on any atom is 0.311 e. The molecule has 0 fully saturated rings. The van der Waals surface area contributed by atoms with E-state index in [-0.39, 0.29) is 30.1 Å². The number of ether oxygens (including phenoxy) is 1. The molecule has 2 aromatic carbocycles. The highest BCUT2D eigenvalue weighted by atomic mass is 35.5. The van der Waals surface area contributed by atoms with E-state index in [1.165, 1.54) is 19.2 Å². The SMILES string of the molecule is COc1ccc(C(=O)NCC(=O)NCc2ccccc2Cl)cc1[N+](=O)[O-]. The van der Waals surface area contributed by atoms with Crippen molar-refractivity contribution in [2.45, 2.75) is 6.54 Å². The van der Waals surface area contributed by atoms with Crippen LogP contribution in [0, 0.1) is 10.1 Å². The van der Waals surface area contributed by atoms with Crippen molar-refractivity contribution in [1.82, 2.24) is 10.6 Å². The van der Waals surface area contributed by atoms with Crippen molar-refractivity contribution >= 4 is 29.1 Å². The van der Waals surface area contributed by atoms with Crippen molar-refractivity contribution in [2.75, 3.05) is 13.7 Å². The molecule has 26 heavy (non-hydrogen) atoms. The van der Waals surface area contributed by atoms with Gasteiger partial charge in [-0.3, -0.25) is 19.7 Å². The molecule has 136 valence electrons. The van der Waals surface area contributed by atoms with E-state index in [0.717, 1.165) is 11.6 Å². The first kappa shape index (κ1) is 19.2. The van der Waals surface area contributed by atoms with Crippen molar-refractivity contribution in [1.29, 1.82) is 0 Å². The number of carbonyl (C=O) groups excluding carboxylic acids is 2. The molecule has 0 heterocycles. The predicted molar refractivity (Wildman–Crippen MR) is 95.3 cm³/mol. The lowest BCUT2D eigenvalue weighted by molar-refractivity contribution is -0.385. The number of nitrogens with zero attached hydrogens (tertiary/aromatic N) is 1. The Hall–Kier alpha value is -3.13. The first-order valence-electron chi connectivity index (χ1n) is 7.53. The van der Waals surface area contributed by atoms with E-state index in [4.69, 9.17) is 16.3 Å². The van der Waals surface area contributed by atoms with Gasteiger partial charge in [-0.25, -0.2) is 0 Å². The predicted octanol–water partition coefficient (Wildman–Crippen LogP) is 2.30. The molecule has 0 bridgehead atoms. The van der Waals surface area contributed by atoms with E-state index < -0.39 is 16.7 Å². The number of benzene rings is 2. The molecule has 0 saturated carbocycles. The number of halogens is 1. The average Bonchev–Trinajstić information content (AvgIpc) is 2.64. The Kier molecular flexibility index (Phi) is 6.51. The third-order valence-electron chi connectivity index (χ3n) is 3.48. The van der Waals surface area contributed by atoms with Crippen LogP contribution in [0.1, 0.15) is 15.9 Å². The lowest BCUT2D eigenvalue weighted by Gasteiger charge is -2.09. The Labute approximate surface area is 154 Å². The van der Waals surface area contributed by atoms with Crippen LogP contribution in [0.5, 0.6) is 5.75 Å². The van der Waals surface area contributed by atoms with Gasteiger partial charge >= 0.3 is 5.69 Å². The number of rotatable bonds is 7. The monoisotopic (exact) mass is 377 g/mol. The largest absolute Gasteiger partial charge is 0.490 e. The zero-order chi connectivity index (χ0) is 19.1.